The number of nitrogens with one attached hydrogen (secondary N) is 2. The van der Waals surface area contributed by atoms with Gasteiger partial charge in [0, 0.05) is 0 Å². The van der Waals surface area contributed by atoms with Gasteiger partial charge < -0.3 is 10.6 Å². The van der Waals surface area contributed by atoms with E-state index in [9.17, 15) is 22.8 Å². The van der Waals surface area contributed by atoms with Gasteiger partial charge in [-0.1, -0.05) is 54.1 Å². The highest BCUT2D eigenvalue weighted by atomic mass is 35.5. The molecule has 4 nitrogen and oxygen atoms in total. The van der Waals surface area contributed by atoms with E-state index in [1.54, 1.807) is 53.8 Å². The summed E-state index contributed by atoms with van der Waals surface area (Å²) in [6.45, 7) is -1.42. The smallest absolute Gasteiger partial charge is 0.347 e. The Balaban J connectivity index is 2.13. The maximum absolute atomic E-state index is 12.4. The van der Waals surface area contributed by atoms with Crippen LogP contribution in [0.2, 0.25) is 5.02 Å². The second kappa shape index (κ2) is 8.71. The van der Waals surface area contributed by atoms with Crippen molar-refractivity contribution in [2.45, 2.75) is 18.6 Å². The summed E-state index contributed by atoms with van der Waals surface area (Å²) in [5.74, 6) is -1.34. The van der Waals surface area contributed by atoms with E-state index >= 15 is 0 Å². The minimum absolute atomic E-state index is 0.214. The van der Waals surface area contributed by atoms with Crippen LogP contribution in [0.3, 0.4) is 0 Å². The van der Waals surface area contributed by atoms with Gasteiger partial charge in [0.25, 0.3) is 5.91 Å². The molecule has 2 aromatic rings. The van der Waals surface area contributed by atoms with Crippen molar-refractivity contribution in [3.63, 3.8) is 0 Å². The number of carbonyl (C=O) groups is 2. The van der Waals surface area contributed by atoms with E-state index in [1.165, 1.54) is 6.07 Å². The zero-order chi connectivity index (χ0) is 19.2. The van der Waals surface area contributed by atoms with E-state index in [-0.39, 0.29) is 17.0 Å². The molecule has 0 fully saturated rings. The quantitative estimate of drug-likeness (QED) is 0.794. The van der Waals surface area contributed by atoms with Crippen LogP contribution in [-0.4, -0.2) is 24.5 Å². The average Bonchev–Trinajstić information content (AvgIpc) is 2.60. The molecule has 2 N–H and O–H groups in total. The van der Waals surface area contributed by atoms with Gasteiger partial charge in [-0.2, -0.15) is 13.2 Å². The Morgan fingerprint density at radius 2 is 1.62 bits per heavy atom. The Hall–Kier alpha value is -2.54. The lowest BCUT2D eigenvalue weighted by Gasteiger charge is -2.20. The van der Waals surface area contributed by atoms with Crippen molar-refractivity contribution in [2.24, 2.45) is 0 Å². The molecule has 0 saturated carbocycles. The molecule has 138 valence electrons. The van der Waals surface area contributed by atoms with Crippen molar-refractivity contribution in [3.05, 3.63) is 70.7 Å². The molecule has 0 bridgehead atoms. The summed E-state index contributed by atoms with van der Waals surface area (Å²) in [4.78, 5) is 24.3. The van der Waals surface area contributed by atoms with E-state index in [0.717, 1.165) is 0 Å². The highest BCUT2D eigenvalue weighted by Gasteiger charge is 2.28. The number of alkyl halides is 3. The third-order valence-electron chi connectivity index (χ3n) is 3.50. The van der Waals surface area contributed by atoms with Crippen molar-refractivity contribution in [2.75, 3.05) is 6.54 Å². The van der Waals surface area contributed by atoms with Crippen LogP contribution in [0.4, 0.5) is 13.2 Å². The van der Waals surface area contributed by atoms with E-state index < -0.39 is 30.6 Å². The second-order valence-electron chi connectivity index (χ2n) is 5.51. The third kappa shape index (κ3) is 6.07. The summed E-state index contributed by atoms with van der Waals surface area (Å²) < 4.78 is 36.8. The predicted octanol–water partition coefficient (Wildman–Crippen LogP) is 3.88. The first kappa shape index (κ1) is 19.8. The Labute approximate surface area is 153 Å². The van der Waals surface area contributed by atoms with Crippen LogP contribution in [0, 0.1) is 0 Å². The molecule has 0 radical (unpaired) electrons. The van der Waals surface area contributed by atoms with Crippen molar-refractivity contribution in [1.82, 2.24) is 10.6 Å². The minimum atomic E-state index is -4.50. The van der Waals surface area contributed by atoms with Gasteiger partial charge in [-0.25, -0.2) is 0 Å². The number of rotatable bonds is 6. The topological polar surface area (TPSA) is 58.2 Å². The normalized spacial score (nSPS) is 12.3. The SMILES string of the molecule is O=C(CC(NC(=O)c1ccccc1Cl)c1ccccc1)NCC(F)(F)F. The lowest BCUT2D eigenvalue weighted by Crippen LogP contribution is -2.37. The van der Waals surface area contributed by atoms with Crippen LogP contribution >= 0.6 is 11.6 Å². The monoisotopic (exact) mass is 384 g/mol. The second-order valence-corrected chi connectivity index (χ2v) is 5.92. The summed E-state index contributed by atoms with van der Waals surface area (Å²) in [6.07, 6.45) is -4.84. The average molecular weight is 385 g/mol. The largest absolute Gasteiger partial charge is 0.405 e. The molecule has 0 heterocycles. The molecular formula is C18H16ClF3N2O2. The Kier molecular flexibility index (Phi) is 6.63. The molecule has 0 saturated heterocycles. The molecule has 1 atom stereocenters. The summed E-state index contributed by atoms with van der Waals surface area (Å²) in [7, 11) is 0. The summed E-state index contributed by atoms with van der Waals surface area (Å²) in [5.41, 5.74) is 0.806. The lowest BCUT2D eigenvalue weighted by atomic mass is 10.0. The number of hydrogen-bond donors (Lipinski definition) is 2. The summed E-state index contributed by atoms with van der Waals surface area (Å²) in [6, 6.07) is 14.1. The molecule has 26 heavy (non-hydrogen) atoms. The van der Waals surface area contributed by atoms with Gasteiger partial charge in [-0.05, 0) is 17.7 Å². The highest BCUT2D eigenvalue weighted by Crippen LogP contribution is 2.20. The number of amides is 2. The van der Waals surface area contributed by atoms with Crippen LogP contribution < -0.4 is 10.6 Å². The Bertz CT molecular complexity index is 767. The van der Waals surface area contributed by atoms with Crippen molar-refractivity contribution in [1.29, 1.82) is 0 Å². The molecule has 0 aliphatic heterocycles. The van der Waals surface area contributed by atoms with Gasteiger partial charge in [0.1, 0.15) is 6.54 Å². The van der Waals surface area contributed by atoms with Gasteiger partial charge >= 0.3 is 6.18 Å². The Morgan fingerprint density at radius 3 is 2.23 bits per heavy atom. The van der Waals surface area contributed by atoms with E-state index in [1.807, 2.05) is 0 Å². The first-order valence-corrected chi connectivity index (χ1v) is 8.08. The van der Waals surface area contributed by atoms with Gasteiger partial charge in [-0.3, -0.25) is 9.59 Å². The molecule has 0 aliphatic carbocycles. The maximum Gasteiger partial charge on any atom is 0.405 e. The fourth-order valence-electron chi connectivity index (χ4n) is 2.28. The highest BCUT2D eigenvalue weighted by molar-refractivity contribution is 6.33. The van der Waals surface area contributed by atoms with Crippen molar-refractivity contribution >= 4 is 23.4 Å². The van der Waals surface area contributed by atoms with E-state index in [2.05, 4.69) is 5.32 Å². The van der Waals surface area contributed by atoms with Gasteiger partial charge in [0.15, 0.2) is 0 Å². The molecule has 2 aromatic carbocycles. The number of halogens is 4. The zero-order valence-corrected chi connectivity index (χ0v) is 14.3. The number of hydrogen-bond acceptors (Lipinski definition) is 2. The molecule has 1 unspecified atom stereocenters. The molecule has 2 rings (SSSR count). The molecular weight excluding hydrogens is 369 g/mol. The van der Waals surface area contributed by atoms with Gasteiger partial charge in [0.2, 0.25) is 5.91 Å². The van der Waals surface area contributed by atoms with E-state index in [4.69, 9.17) is 11.6 Å². The number of benzene rings is 2. The molecule has 8 heteroatoms. The number of carbonyl (C=O) groups excluding carboxylic acids is 2. The fourth-order valence-corrected chi connectivity index (χ4v) is 2.50. The summed E-state index contributed by atoms with van der Waals surface area (Å²) >= 11 is 5.99. The van der Waals surface area contributed by atoms with Crippen LogP contribution in [0.15, 0.2) is 54.6 Å². The standard InChI is InChI=1S/C18H16ClF3N2O2/c19-14-9-5-4-8-13(14)17(26)24-15(12-6-2-1-3-7-12)10-16(25)23-11-18(20,21)22/h1-9,15H,10-11H2,(H,23,25)(H,24,26). The van der Waals surface area contributed by atoms with Crippen LogP contribution in [0.1, 0.15) is 28.4 Å². The van der Waals surface area contributed by atoms with Crippen molar-refractivity contribution in [3.8, 4) is 0 Å². The molecule has 0 aliphatic rings. The molecule has 0 aromatic heterocycles. The van der Waals surface area contributed by atoms with Gasteiger partial charge in [0.05, 0.1) is 23.0 Å². The first-order chi connectivity index (χ1) is 12.3. The van der Waals surface area contributed by atoms with E-state index in [0.29, 0.717) is 5.56 Å². The maximum atomic E-state index is 12.4. The van der Waals surface area contributed by atoms with Gasteiger partial charge in [-0.15, -0.1) is 0 Å². The Morgan fingerprint density at radius 1 is 1.00 bits per heavy atom. The molecule has 2 amide bonds. The first-order valence-electron chi connectivity index (χ1n) is 7.70. The predicted molar refractivity (Wildman–Crippen MR) is 91.8 cm³/mol. The molecule has 0 spiro atoms. The van der Waals surface area contributed by atoms with Crippen LogP contribution in [0.5, 0.6) is 0 Å². The van der Waals surface area contributed by atoms with Crippen LogP contribution in [-0.2, 0) is 4.79 Å². The summed E-state index contributed by atoms with van der Waals surface area (Å²) in [5, 5.41) is 4.69. The minimum Gasteiger partial charge on any atom is -0.347 e. The zero-order valence-electron chi connectivity index (χ0n) is 13.5. The van der Waals surface area contributed by atoms with Crippen LogP contribution in [0.25, 0.3) is 0 Å². The van der Waals surface area contributed by atoms with Crippen molar-refractivity contribution < 1.29 is 22.8 Å². The third-order valence-corrected chi connectivity index (χ3v) is 3.83. The lowest BCUT2D eigenvalue weighted by molar-refractivity contribution is -0.138. The fraction of sp³-hybridized carbons (Fsp3) is 0.222.